The summed E-state index contributed by atoms with van der Waals surface area (Å²) in [5.74, 6) is -0.0305. The third-order valence-corrected chi connectivity index (χ3v) is 5.64. The Kier molecular flexibility index (Phi) is 5.07. The molecule has 1 N–H and O–H groups in total. The van der Waals surface area contributed by atoms with Crippen molar-refractivity contribution in [1.82, 2.24) is 24.7 Å². The van der Waals surface area contributed by atoms with Gasteiger partial charge in [-0.15, -0.1) is 0 Å². The lowest BCUT2D eigenvalue weighted by atomic mass is 9.94. The van der Waals surface area contributed by atoms with Crippen LogP contribution in [0.15, 0.2) is 48.9 Å². The maximum Gasteiger partial charge on any atom is 0.225 e. The van der Waals surface area contributed by atoms with Gasteiger partial charge < -0.3 is 5.32 Å². The van der Waals surface area contributed by atoms with Crippen LogP contribution in [0, 0.1) is 6.57 Å². The second kappa shape index (κ2) is 8.19. The van der Waals surface area contributed by atoms with Crippen molar-refractivity contribution in [3.8, 4) is 0 Å². The van der Waals surface area contributed by atoms with Gasteiger partial charge in [0.1, 0.15) is 0 Å². The highest BCUT2D eigenvalue weighted by atomic mass is 16.1. The Labute approximate surface area is 185 Å². The number of Topliss-reactive ketones (excluding diaryl/α,β-unsaturated/α-hetero) is 1. The molecular formula is C24H21N7O. The quantitative estimate of drug-likeness (QED) is 0.471. The summed E-state index contributed by atoms with van der Waals surface area (Å²) >= 11 is 0. The molecule has 8 nitrogen and oxygen atoms in total. The van der Waals surface area contributed by atoms with Crippen LogP contribution in [0.5, 0.6) is 0 Å². The van der Waals surface area contributed by atoms with Crippen molar-refractivity contribution in [2.24, 2.45) is 0 Å². The summed E-state index contributed by atoms with van der Waals surface area (Å²) in [6, 6.07) is 9.29. The molecule has 0 amide bonds. The van der Waals surface area contributed by atoms with E-state index in [0.717, 1.165) is 35.0 Å². The van der Waals surface area contributed by atoms with Gasteiger partial charge in [0.15, 0.2) is 17.1 Å². The first-order valence-corrected chi connectivity index (χ1v) is 10.6. The lowest BCUT2D eigenvalue weighted by molar-refractivity contribution is -0.118. The molecular weight excluding hydrogens is 402 g/mol. The maximum absolute atomic E-state index is 13.1. The highest BCUT2D eigenvalue weighted by molar-refractivity contribution is 5.98. The van der Waals surface area contributed by atoms with Crippen LogP contribution in [-0.2, 0) is 24.3 Å². The Morgan fingerprint density at radius 1 is 1.22 bits per heavy atom. The van der Waals surface area contributed by atoms with E-state index in [4.69, 9.17) is 11.6 Å². The zero-order valence-electron chi connectivity index (χ0n) is 17.6. The number of carbonyl (C=O) groups excluding carboxylic acids is 1. The van der Waals surface area contributed by atoms with E-state index in [1.165, 1.54) is 0 Å². The molecule has 0 fully saturated rings. The fraction of sp³-hybridized carbons (Fsp3) is 0.250. The molecule has 0 saturated heterocycles. The predicted octanol–water partition coefficient (Wildman–Crippen LogP) is 4.05. The standard InChI is InChI=1S/C24H21N7O/c1-3-10-31-14-19-22(21-18-12-17(25-2)5-4-16(18)11-20(21)32)28-24(29-23(19)30-31)27-13-15-6-8-26-9-7-15/h4-9,12,14,21H,3,10-11,13H2,1H3,(H,27,29,30). The smallest absolute Gasteiger partial charge is 0.225 e. The van der Waals surface area contributed by atoms with Gasteiger partial charge in [-0.05, 0) is 35.2 Å². The Hall–Kier alpha value is -4.12. The van der Waals surface area contributed by atoms with E-state index >= 15 is 0 Å². The van der Waals surface area contributed by atoms with E-state index in [1.807, 2.05) is 35.1 Å². The van der Waals surface area contributed by atoms with E-state index < -0.39 is 5.92 Å². The minimum Gasteiger partial charge on any atom is -0.350 e. The molecule has 3 heterocycles. The zero-order valence-corrected chi connectivity index (χ0v) is 17.6. The van der Waals surface area contributed by atoms with Crippen molar-refractivity contribution >= 4 is 28.5 Å². The monoisotopic (exact) mass is 423 g/mol. The largest absolute Gasteiger partial charge is 0.350 e. The van der Waals surface area contributed by atoms with Gasteiger partial charge in [-0.25, -0.2) is 9.83 Å². The highest BCUT2D eigenvalue weighted by Gasteiger charge is 2.35. The fourth-order valence-corrected chi connectivity index (χ4v) is 4.14. The number of carbonyl (C=O) groups is 1. The Morgan fingerprint density at radius 2 is 2.06 bits per heavy atom. The molecule has 158 valence electrons. The molecule has 1 aliphatic rings. The summed E-state index contributed by atoms with van der Waals surface area (Å²) in [4.78, 5) is 30.1. The third-order valence-electron chi connectivity index (χ3n) is 5.64. The van der Waals surface area contributed by atoms with Crippen molar-refractivity contribution in [3.05, 3.63) is 82.7 Å². The van der Waals surface area contributed by atoms with Gasteiger partial charge >= 0.3 is 0 Å². The van der Waals surface area contributed by atoms with Crippen molar-refractivity contribution in [1.29, 1.82) is 0 Å². The molecule has 0 aliphatic heterocycles. The van der Waals surface area contributed by atoms with Crippen LogP contribution >= 0.6 is 0 Å². The maximum atomic E-state index is 13.1. The number of hydrogen-bond acceptors (Lipinski definition) is 6. The molecule has 4 aromatic rings. The van der Waals surface area contributed by atoms with E-state index in [9.17, 15) is 4.79 Å². The SMILES string of the molecule is [C-]#[N+]c1ccc2c(c1)C(c1nc(NCc3ccncc3)nc3nn(CCC)cc13)C(=O)C2. The van der Waals surface area contributed by atoms with Crippen LogP contribution in [0.3, 0.4) is 0 Å². The average Bonchev–Trinajstić information content (AvgIpc) is 3.37. The van der Waals surface area contributed by atoms with E-state index in [-0.39, 0.29) is 5.78 Å². The summed E-state index contributed by atoms with van der Waals surface area (Å²) in [6.07, 6.45) is 6.67. The second-order valence-electron chi connectivity index (χ2n) is 7.84. The first-order valence-electron chi connectivity index (χ1n) is 10.6. The lowest BCUT2D eigenvalue weighted by Crippen LogP contribution is -2.13. The number of aromatic nitrogens is 5. The van der Waals surface area contributed by atoms with Crippen molar-refractivity contribution in [3.63, 3.8) is 0 Å². The van der Waals surface area contributed by atoms with Crippen LogP contribution in [0.2, 0.25) is 0 Å². The molecule has 32 heavy (non-hydrogen) atoms. The molecule has 1 atom stereocenters. The molecule has 0 radical (unpaired) electrons. The molecule has 1 aromatic carbocycles. The fourth-order valence-electron chi connectivity index (χ4n) is 4.14. The number of rotatable bonds is 6. The van der Waals surface area contributed by atoms with Gasteiger partial charge in [-0.3, -0.25) is 14.5 Å². The van der Waals surface area contributed by atoms with Gasteiger partial charge in [-0.2, -0.15) is 10.1 Å². The van der Waals surface area contributed by atoms with Crippen LogP contribution in [-0.4, -0.2) is 30.5 Å². The minimum absolute atomic E-state index is 0.0745. The number of hydrogen-bond donors (Lipinski definition) is 1. The van der Waals surface area contributed by atoms with Crippen LogP contribution in [0.25, 0.3) is 15.9 Å². The van der Waals surface area contributed by atoms with Crippen molar-refractivity contribution < 1.29 is 4.79 Å². The first kappa shape index (κ1) is 19.8. The molecule has 3 aromatic heterocycles. The number of anilines is 1. The van der Waals surface area contributed by atoms with E-state index in [2.05, 4.69) is 32.2 Å². The van der Waals surface area contributed by atoms with Gasteiger partial charge in [0.25, 0.3) is 0 Å². The summed E-state index contributed by atoms with van der Waals surface area (Å²) in [7, 11) is 0. The van der Waals surface area contributed by atoms with E-state index in [0.29, 0.717) is 35.9 Å². The van der Waals surface area contributed by atoms with Crippen molar-refractivity contribution in [2.45, 2.75) is 38.8 Å². The van der Waals surface area contributed by atoms with Gasteiger partial charge in [0.2, 0.25) is 5.95 Å². The topological polar surface area (TPSA) is 89.9 Å². The number of ketones is 1. The van der Waals surface area contributed by atoms with Crippen LogP contribution in [0.4, 0.5) is 11.6 Å². The summed E-state index contributed by atoms with van der Waals surface area (Å²) in [6.45, 7) is 10.7. The average molecular weight is 423 g/mol. The Morgan fingerprint density at radius 3 is 2.84 bits per heavy atom. The van der Waals surface area contributed by atoms with Crippen LogP contribution < -0.4 is 5.32 Å². The highest BCUT2D eigenvalue weighted by Crippen LogP contribution is 2.39. The number of nitrogens with one attached hydrogen (secondary N) is 1. The van der Waals surface area contributed by atoms with Gasteiger partial charge in [-0.1, -0.05) is 25.1 Å². The number of fused-ring (bicyclic) bond motifs is 2. The van der Waals surface area contributed by atoms with Crippen LogP contribution in [0.1, 0.15) is 41.6 Å². The molecule has 8 heteroatoms. The zero-order chi connectivity index (χ0) is 22.1. The van der Waals surface area contributed by atoms with Gasteiger partial charge in [0.05, 0.1) is 23.6 Å². The minimum atomic E-state index is -0.530. The summed E-state index contributed by atoms with van der Waals surface area (Å²) in [5, 5.41) is 8.65. The summed E-state index contributed by atoms with van der Waals surface area (Å²) < 4.78 is 1.85. The third kappa shape index (κ3) is 3.58. The number of pyridine rings is 1. The van der Waals surface area contributed by atoms with E-state index in [1.54, 1.807) is 18.5 Å². The Balaban J connectivity index is 1.61. The molecule has 0 bridgehead atoms. The Bertz CT molecular complexity index is 1350. The lowest BCUT2D eigenvalue weighted by Gasteiger charge is -2.13. The number of aryl methyl sites for hydroxylation is 1. The molecule has 1 aliphatic carbocycles. The normalized spacial score (nSPS) is 15.0. The molecule has 0 spiro atoms. The summed E-state index contributed by atoms with van der Waals surface area (Å²) in [5.41, 5.74) is 4.57. The second-order valence-corrected chi connectivity index (χ2v) is 7.84. The number of nitrogens with zero attached hydrogens (tertiary/aromatic N) is 6. The predicted molar refractivity (Wildman–Crippen MR) is 120 cm³/mol. The van der Waals surface area contributed by atoms with Gasteiger partial charge in [0, 0.05) is 38.1 Å². The van der Waals surface area contributed by atoms with Crippen molar-refractivity contribution in [2.75, 3.05) is 5.32 Å². The molecule has 5 rings (SSSR count). The molecule has 0 saturated carbocycles. The molecule has 1 unspecified atom stereocenters. The first-order chi connectivity index (χ1) is 15.7. The number of benzene rings is 1.